The maximum absolute atomic E-state index is 12.9. The van der Waals surface area contributed by atoms with Crippen molar-refractivity contribution in [3.05, 3.63) is 47.4 Å². The van der Waals surface area contributed by atoms with Gasteiger partial charge in [-0.25, -0.2) is 4.98 Å². The number of aryl methyl sites for hydroxylation is 2. The monoisotopic (exact) mass is 365 g/mol. The molecule has 138 valence electrons. The Bertz CT molecular complexity index is 922. The number of benzene rings is 1. The summed E-state index contributed by atoms with van der Waals surface area (Å²) < 4.78 is 45.3. The molecular weight excluding hydrogens is 347 g/mol. The van der Waals surface area contributed by atoms with Crippen LogP contribution in [0.1, 0.15) is 24.0 Å². The number of rotatable bonds is 5. The van der Waals surface area contributed by atoms with Gasteiger partial charge in [-0.05, 0) is 38.5 Å². The molecule has 0 saturated carbocycles. The predicted molar refractivity (Wildman–Crippen MR) is 90.3 cm³/mol. The van der Waals surface area contributed by atoms with E-state index in [1.807, 2.05) is 38.1 Å². The standard InChI is InChI=1S/C17H18F3N5O/c1-10-5-4-6-13(7-10)26-9-12(3)21-14-8-11(2)22-16-23-15(17(18,19)20)24-25(14)16/h4-8,12,21H,9H2,1-3H3. The highest BCUT2D eigenvalue weighted by molar-refractivity contribution is 5.46. The van der Waals surface area contributed by atoms with Gasteiger partial charge in [0.05, 0.1) is 6.04 Å². The molecule has 1 atom stereocenters. The zero-order chi connectivity index (χ0) is 18.9. The number of hydrogen-bond donors (Lipinski definition) is 1. The fraction of sp³-hybridized carbons (Fsp3) is 0.353. The third-order valence-corrected chi connectivity index (χ3v) is 3.58. The zero-order valence-electron chi connectivity index (χ0n) is 14.5. The minimum atomic E-state index is -4.63. The third kappa shape index (κ3) is 4.04. The van der Waals surface area contributed by atoms with Crippen molar-refractivity contribution in [1.82, 2.24) is 19.6 Å². The first-order valence-electron chi connectivity index (χ1n) is 8.00. The van der Waals surface area contributed by atoms with Crippen LogP contribution in [0.15, 0.2) is 30.3 Å². The zero-order valence-corrected chi connectivity index (χ0v) is 14.5. The van der Waals surface area contributed by atoms with E-state index in [-0.39, 0.29) is 11.8 Å². The summed E-state index contributed by atoms with van der Waals surface area (Å²) in [5.41, 5.74) is 1.62. The average Bonchev–Trinajstić information content (AvgIpc) is 2.97. The summed E-state index contributed by atoms with van der Waals surface area (Å²) in [5.74, 6) is -0.223. The van der Waals surface area contributed by atoms with E-state index in [0.717, 1.165) is 15.8 Å². The molecule has 26 heavy (non-hydrogen) atoms. The van der Waals surface area contributed by atoms with Crippen LogP contribution in [0.25, 0.3) is 5.78 Å². The molecule has 3 aromatic rings. The van der Waals surface area contributed by atoms with Gasteiger partial charge < -0.3 is 10.1 Å². The molecule has 1 N–H and O–H groups in total. The molecule has 0 spiro atoms. The fourth-order valence-electron chi connectivity index (χ4n) is 2.43. The molecule has 9 heteroatoms. The van der Waals surface area contributed by atoms with Crippen molar-refractivity contribution in [3.8, 4) is 5.75 Å². The molecular formula is C17H18F3N5O. The largest absolute Gasteiger partial charge is 0.491 e. The van der Waals surface area contributed by atoms with Crippen LogP contribution in [0.5, 0.6) is 5.75 Å². The number of anilines is 1. The van der Waals surface area contributed by atoms with Gasteiger partial charge in [0.15, 0.2) is 0 Å². The summed E-state index contributed by atoms with van der Waals surface area (Å²) in [6, 6.07) is 9.06. The summed E-state index contributed by atoms with van der Waals surface area (Å²) in [6.45, 7) is 5.83. The molecule has 6 nitrogen and oxygen atoms in total. The number of nitrogens with one attached hydrogen (secondary N) is 1. The number of halogens is 3. The molecule has 0 radical (unpaired) electrons. The first kappa shape index (κ1) is 18.0. The van der Waals surface area contributed by atoms with Crippen LogP contribution in [0, 0.1) is 13.8 Å². The van der Waals surface area contributed by atoms with Crippen molar-refractivity contribution in [1.29, 1.82) is 0 Å². The van der Waals surface area contributed by atoms with Gasteiger partial charge in [0.2, 0.25) is 0 Å². The highest BCUT2D eigenvalue weighted by Gasteiger charge is 2.36. The highest BCUT2D eigenvalue weighted by atomic mass is 19.4. The van der Waals surface area contributed by atoms with Gasteiger partial charge in [-0.2, -0.15) is 22.7 Å². The quantitative estimate of drug-likeness (QED) is 0.748. The number of ether oxygens (including phenoxy) is 1. The predicted octanol–water partition coefficient (Wildman–Crippen LogP) is 3.64. The van der Waals surface area contributed by atoms with E-state index in [4.69, 9.17) is 4.74 Å². The van der Waals surface area contributed by atoms with Crippen molar-refractivity contribution in [2.75, 3.05) is 11.9 Å². The molecule has 0 fully saturated rings. The first-order valence-corrected chi connectivity index (χ1v) is 8.00. The first-order chi connectivity index (χ1) is 12.2. The molecule has 0 aliphatic carbocycles. The lowest BCUT2D eigenvalue weighted by molar-refractivity contribution is -0.144. The smallest absolute Gasteiger partial charge is 0.453 e. The Morgan fingerprint density at radius 1 is 1.19 bits per heavy atom. The van der Waals surface area contributed by atoms with Crippen LogP contribution in [0.3, 0.4) is 0 Å². The van der Waals surface area contributed by atoms with E-state index in [9.17, 15) is 13.2 Å². The average molecular weight is 365 g/mol. The third-order valence-electron chi connectivity index (χ3n) is 3.58. The molecule has 0 aliphatic heterocycles. The van der Waals surface area contributed by atoms with Gasteiger partial charge in [0.1, 0.15) is 18.2 Å². The second kappa shape index (κ2) is 6.81. The second-order valence-corrected chi connectivity index (χ2v) is 6.10. The van der Waals surface area contributed by atoms with E-state index >= 15 is 0 Å². The van der Waals surface area contributed by atoms with Crippen LogP contribution < -0.4 is 10.1 Å². The summed E-state index contributed by atoms with van der Waals surface area (Å²) in [4.78, 5) is 7.46. The Morgan fingerprint density at radius 3 is 2.65 bits per heavy atom. The number of hydrogen-bond acceptors (Lipinski definition) is 5. The van der Waals surface area contributed by atoms with Gasteiger partial charge in [-0.3, -0.25) is 0 Å². The van der Waals surface area contributed by atoms with E-state index in [0.29, 0.717) is 18.1 Å². The number of alkyl halides is 3. The number of fused-ring (bicyclic) bond motifs is 1. The minimum Gasteiger partial charge on any atom is -0.491 e. The molecule has 2 heterocycles. The van der Waals surface area contributed by atoms with Gasteiger partial charge >= 0.3 is 6.18 Å². The van der Waals surface area contributed by atoms with E-state index in [1.54, 1.807) is 13.0 Å². The van der Waals surface area contributed by atoms with E-state index in [1.165, 1.54) is 0 Å². The summed E-state index contributed by atoms with van der Waals surface area (Å²) in [6.07, 6.45) is -4.63. The Balaban J connectivity index is 1.78. The summed E-state index contributed by atoms with van der Waals surface area (Å²) in [5, 5.41) is 6.63. The summed E-state index contributed by atoms with van der Waals surface area (Å²) in [7, 11) is 0. The van der Waals surface area contributed by atoms with E-state index in [2.05, 4.69) is 20.4 Å². The van der Waals surface area contributed by atoms with Crippen LogP contribution in [-0.4, -0.2) is 32.2 Å². The lowest BCUT2D eigenvalue weighted by Crippen LogP contribution is -2.25. The lowest BCUT2D eigenvalue weighted by Gasteiger charge is -2.17. The van der Waals surface area contributed by atoms with Gasteiger partial charge in [0, 0.05) is 11.8 Å². The lowest BCUT2D eigenvalue weighted by atomic mass is 10.2. The van der Waals surface area contributed by atoms with Crippen molar-refractivity contribution < 1.29 is 17.9 Å². The molecule has 0 bridgehead atoms. The molecule has 3 rings (SSSR count). The normalized spacial score (nSPS) is 13.0. The Labute approximate surface area is 148 Å². The maximum atomic E-state index is 12.9. The SMILES string of the molecule is Cc1cccc(OCC(C)Nc2cc(C)nc3nc(C(F)(F)F)nn23)c1. The van der Waals surface area contributed by atoms with Gasteiger partial charge in [-0.1, -0.05) is 12.1 Å². The molecule has 0 saturated heterocycles. The van der Waals surface area contributed by atoms with Crippen molar-refractivity contribution in [2.45, 2.75) is 33.0 Å². The number of aromatic nitrogens is 4. The van der Waals surface area contributed by atoms with Crippen molar-refractivity contribution in [2.24, 2.45) is 0 Å². The second-order valence-electron chi connectivity index (χ2n) is 6.10. The summed E-state index contributed by atoms with van der Waals surface area (Å²) >= 11 is 0. The fourth-order valence-corrected chi connectivity index (χ4v) is 2.43. The van der Waals surface area contributed by atoms with Crippen LogP contribution in [0.2, 0.25) is 0 Å². The molecule has 1 unspecified atom stereocenters. The maximum Gasteiger partial charge on any atom is 0.453 e. The van der Waals surface area contributed by atoms with Crippen molar-refractivity contribution in [3.63, 3.8) is 0 Å². The van der Waals surface area contributed by atoms with Crippen LogP contribution in [0.4, 0.5) is 19.0 Å². The Morgan fingerprint density at radius 2 is 1.96 bits per heavy atom. The van der Waals surface area contributed by atoms with Gasteiger partial charge in [-0.15, -0.1) is 5.10 Å². The topological polar surface area (TPSA) is 64.3 Å². The minimum absolute atomic E-state index is 0.105. The van der Waals surface area contributed by atoms with Crippen molar-refractivity contribution >= 4 is 11.6 Å². The van der Waals surface area contributed by atoms with E-state index < -0.39 is 12.0 Å². The molecule has 0 aliphatic rings. The van der Waals surface area contributed by atoms with Gasteiger partial charge in [0.25, 0.3) is 11.6 Å². The Hall–Kier alpha value is -2.84. The molecule has 1 aromatic carbocycles. The van der Waals surface area contributed by atoms with Crippen LogP contribution >= 0.6 is 0 Å². The number of nitrogens with zero attached hydrogens (tertiary/aromatic N) is 4. The molecule has 0 amide bonds. The van der Waals surface area contributed by atoms with Crippen LogP contribution in [-0.2, 0) is 6.18 Å². The molecule has 2 aromatic heterocycles. The Kier molecular flexibility index (Phi) is 4.71. The highest BCUT2D eigenvalue weighted by Crippen LogP contribution is 2.27.